The second-order valence-corrected chi connectivity index (χ2v) is 8.13. The molecule has 3 rings (SSSR count). The van der Waals surface area contributed by atoms with Gasteiger partial charge >= 0.3 is 0 Å². The van der Waals surface area contributed by atoms with E-state index in [-0.39, 0.29) is 17.6 Å². The maximum absolute atomic E-state index is 12.3. The predicted octanol–water partition coefficient (Wildman–Crippen LogP) is 2.85. The summed E-state index contributed by atoms with van der Waals surface area (Å²) in [4.78, 5) is 14.3. The Morgan fingerprint density at radius 3 is 2.61 bits per heavy atom. The van der Waals surface area contributed by atoms with E-state index in [1.165, 1.54) is 16.4 Å². The van der Waals surface area contributed by atoms with Crippen LogP contribution in [-0.4, -0.2) is 46.8 Å². The second kappa shape index (κ2) is 9.98. The van der Waals surface area contributed by atoms with E-state index < -0.39 is 0 Å². The second-order valence-electron chi connectivity index (χ2n) is 7.19. The first-order chi connectivity index (χ1) is 14.8. The number of nitrogens with zero attached hydrogens (tertiary/aromatic N) is 5. The third kappa shape index (κ3) is 5.98. The molecule has 0 aliphatic rings. The minimum Gasteiger partial charge on any atom is -0.378 e. The highest BCUT2D eigenvalue weighted by atomic mass is 32.2. The molecule has 31 heavy (non-hydrogen) atoms. The van der Waals surface area contributed by atoms with Crippen LogP contribution in [0.2, 0.25) is 0 Å². The van der Waals surface area contributed by atoms with Crippen LogP contribution >= 0.6 is 11.8 Å². The molecule has 0 saturated heterocycles. The number of thioether (sulfide) groups is 1. The minimum absolute atomic E-state index is 0.145. The van der Waals surface area contributed by atoms with Crippen molar-refractivity contribution in [2.24, 2.45) is 5.10 Å². The Bertz CT molecular complexity index is 1080. The van der Waals surface area contributed by atoms with E-state index in [1.807, 2.05) is 75.3 Å². The van der Waals surface area contributed by atoms with Gasteiger partial charge in [0.1, 0.15) is 0 Å². The van der Waals surface area contributed by atoms with Crippen LogP contribution in [0.15, 0.2) is 52.7 Å². The zero-order chi connectivity index (χ0) is 22.4. The van der Waals surface area contributed by atoms with E-state index >= 15 is 0 Å². The van der Waals surface area contributed by atoms with Gasteiger partial charge < -0.3 is 16.1 Å². The van der Waals surface area contributed by atoms with Crippen molar-refractivity contribution in [1.82, 2.24) is 14.9 Å². The first-order valence-electron chi connectivity index (χ1n) is 9.60. The SMILES string of the molecule is Cc1ccc(NC(=O)CSc2nnc(N/N=C/c3ccc(N(C)C)cc3)n2N)c(C)c1. The van der Waals surface area contributed by atoms with Gasteiger partial charge in [-0.1, -0.05) is 41.6 Å². The lowest BCUT2D eigenvalue weighted by molar-refractivity contribution is -0.113. The van der Waals surface area contributed by atoms with Crippen LogP contribution in [0, 0.1) is 13.8 Å². The van der Waals surface area contributed by atoms with Gasteiger partial charge in [-0.15, -0.1) is 10.2 Å². The molecule has 0 radical (unpaired) electrons. The number of nitrogens with one attached hydrogen (secondary N) is 2. The summed E-state index contributed by atoms with van der Waals surface area (Å²) in [5.41, 5.74) is 7.76. The highest BCUT2D eigenvalue weighted by molar-refractivity contribution is 7.99. The standard InChI is InChI=1S/C21H26N8OS/c1-14-5-10-18(15(2)11-14)24-19(30)13-31-21-27-26-20(29(21)22)25-23-12-16-6-8-17(9-7-16)28(3)4/h5-12H,13,22H2,1-4H3,(H,24,30)(H,25,26)/b23-12+. The Morgan fingerprint density at radius 1 is 1.19 bits per heavy atom. The topological polar surface area (TPSA) is 113 Å². The van der Waals surface area contributed by atoms with Gasteiger partial charge in [0.05, 0.1) is 12.0 Å². The molecule has 0 aliphatic heterocycles. The van der Waals surface area contributed by atoms with Crippen molar-refractivity contribution in [2.75, 3.05) is 41.3 Å². The number of aryl methyl sites for hydroxylation is 2. The molecular formula is C21H26N8OS. The monoisotopic (exact) mass is 438 g/mol. The fraction of sp³-hybridized carbons (Fsp3) is 0.238. The molecule has 0 saturated carbocycles. The molecule has 9 nitrogen and oxygen atoms in total. The van der Waals surface area contributed by atoms with E-state index in [9.17, 15) is 4.79 Å². The fourth-order valence-corrected chi connectivity index (χ4v) is 3.40. The maximum Gasteiger partial charge on any atom is 0.264 e. The Morgan fingerprint density at radius 2 is 1.94 bits per heavy atom. The lowest BCUT2D eigenvalue weighted by atomic mass is 10.1. The number of hydrazone groups is 1. The quantitative estimate of drug-likeness (QED) is 0.214. The first-order valence-corrected chi connectivity index (χ1v) is 10.6. The Hall–Kier alpha value is -3.53. The smallest absolute Gasteiger partial charge is 0.264 e. The van der Waals surface area contributed by atoms with Crippen molar-refractivity contribution in [3.63, 3.8) is 0 Å². The number of hydrogen-bond donors (Lipinski definition) is 3. The summed E-state index contributed by atoms with van der Waals surface area (Å²) in [6.07, 6.45) is 1.66. The Kier molecular flexibility index (Phi) is 7.14. The Balaban J connectivity index is 1.53. The number of carbonyl (C=O) groups excluding carboxylic acids is 1. The molecule has 0 atom stereocenters. The normalized spacial score (nSPS) is 11.0. The molecule has 2 aromatic carbocycles. The van der Waals surface area contributed by atoms with Crippen LogP contribution in [0.25, 0.3) is 0 Å². The third-order valence-electron chi connectivity index (χ3n) is 4.44. The lowest BCUT2D eigenvalue weighted by Crippen LogP contribution is -2.17. The lowest BCUT2D eigenvalue weighted by Gasteiger charge is -2.11. The molecule has 0 aliphatic carbocycles. The average Bonchev–Trinajstić information content (AvgIpc) is 3.08. The van der Waals surface area contributed by atoms with Crippen LogP contribution in [0.4, 0.5) is 17.3 Å². The molecule has 0 bridgehead atoms. The summed E-state index contributed by atoms with van der Waals surface area (Å²) in [5.74, 6) is 6.30. The molecule has 1 heterocycles. The molecule has 10 heteroatoms. The van der Waals surface area contributed by atoms with Crippen LogP contribution in [-0.2, 0) is 4.79 Å². The highest BCUT2D eigenvalue weighted by Crippen LogP contribution is 2.19. The summed E-state index contributed by atoms with van der Waals surface area (Å²) in [7, 11) is 3.98. The van der Waals surface area contributed by atoms with E-state index in [4.69, 9.17) is 5.84 Å². The van der Waals surface area contributed by atoms with Crippen LogP contribution in [0.3, 0.4) is 0 Å². The van der Waals surface area contributed by atoms with Crippen LogP contribution in [0.1, 0.15) is 16.7 Å². The fourth-order valence-electron chi connectivity index (χ4n) is 2.75. The van der Waals surface area contributed by atoms with E-state index in [2.05, 4.69) is 26.0 Å². The molecular weight excluding hydrogens is 412 g/mol. The number of hydrogen-bond acceptors (Lipinski definition) is 8. The van der Waals surface area contributed by atoms with E-state index in [1.54, 1.807) is 6.21 Å². The Labute approximate surface area is 185 Å². The zero-order valence-electron chi connectivity index (χ0n) is 18.0. The summed E-state index contributed by atoms with van der Waals surface area (Å²) in [6.45, 7) is 3.97. The van der Waals surface area contributed by atoms with Gasteiger partial charge in [-0.2, -0.15) is 5.10 Å². The molecule has 4 N–H and O–H groups in total. The number of nitrogens with two attached hydrogens (primary N) is 1. The number of nitrogen functional groups attached to an aromatic ring is 1. The summed E-state index contributed by atoms with van der Waals surface area (Å²) >= 11 is 1.19. The van der Waals surface area contributed by atoms with Crippen molar-refractivity contribution in [3.8, 4) is 0 Å². The molecule has 1 aromatic heterocycles. The van der Waals surface area contributed by atoms with Gasteiger partial charge in [-0.05, 0) is 43.2 Å². The summed E-state index contributed by atoms with van der Waals surface area (Å²) < 4.78 is 1.27. The summed E-state index contributed by atoms with van der Waals surface area (Å²) in [6, 6.07) is 13.8. The third-order valence-corrected chi connectivity index (χ3v) is 5.38. The molecule has 162 valence electrons. The predicted molar refractivity (Wildman–Crippen MR) is 127 cm³/mol. The van der Waals surface area contributed by atoms with E-state index in [0.29, 0.717) is 5.16 Å². The molecule has 0 spiro atoms. The van der Waals surface area contributed by atoms with Crippen molar-refractivity contribution in [1.29, 1.82) is 0 Å². The minimum atomic E-state index is -0.145. The molecule has 1 amide bonds. The van der Waals surface area contributed by atoms with Gasteiger partial charge in [-0.25, -0.2) is 10.1 Å². The van der Waals surface area contributed by atoms with E-state index in [0.717, 1.165) is 28.1 Å². The van der Waals surface area contributed by atoms with Gasteiger partial charge in [0.15, 0.2) is 0 Å². The first kappa shape index (κ1) is 22.2. The number of anilines is 3. The van der Waals surface area contributed by atoms with Gasteiger partial charge in [0.25, 0.3) is 5.95 Å². The average molecular weight is 439 g/mol. The number of amides is 1. The summed E-state index contributed by atoms with van der Waals surface area (Å²) in [5, 5.41) is 15.4. The zero-order valence-corrected chi connectivity index (χ0v) is 18.8. The maximum atomic E-state index is 12.3. The number of rotatable bonds is 8. The van der Waals surface area contributed by atoms with Crippen LogP contribution < -0.4 is 21.5 Å². The molecule has 0 fully saturated rings. The largest absolute Gasteiger partial charge is 0.378 e. The van der Waals surface area contributed by atoms with Crippen molar-refractivity contribution >= 4 is 41.2 Å². The van der Waals surface area contributed by atoms with Crippen molar-refractivity contribution in [3.05, 3.63) is 59.2 Å². The number of aromatic nitrogens is 3. The van der Waals surface area contributed by atoms with Crippen molar-refractivity contribution < 1.29 is 4.79 Å². The number of benzene rings is 2. The molecule has 3 aromatic rings. The van der Waals surface area contributed by atoms with Crippen molar-refractivity contribution in [2.45, 2.75) is 19.0 Å². The van der Waals surface area contributed by atoms with Gasteiger partial charge in [0, 0.05) is 25.5 Å². The van der Waals surface area contributed by atoms with Gasteiger partial charge in [0.2, 0.25) is 11.1 Å². The number of carbonyl (C=O) groups is 1. The van der Waals surface area contributed by atoms with Gasteiger partial charge in [-0.3, -0.25) is 4.79 Å². The van der Waals surface area contributed by atoms with Crippen LogP contribution in [0.5, 0.6) is 0 Å². The molecule has 0 unspecified atom stereocenters. The highest BCUT2D eigenvalue weighted by Gasteiger charge is 2.12.